The fourth-order valence-corrected chi connectivity index (χ4v) is 3.79. The van der Waals surface area contributed by atoms with E-state index in [0.29, 0.717) is 0 Å². The summed E-state index contributed by atoms with van der Waals surface area (Å²) in [6.07, 6.45) is 0. The van der Waals surface area contributed by atoms with E-state index in [1.54, 1.807) is 0 Å². The molecule has 0 saturated heterocycles. The Hall–Kier alpha value is -0.790. The molecular weight excluding hydrogens is 392 g/mol. The monoisotopic (exact) mass is 424 g/mol. The molecule has 0 aliphatic heterocycles. The lowest BCUT2D eigenvalue weighted by Gasteiger charge is -2.14. The Bertz CT molecular complexity index is 508. The van der Waals surface area contributed by atoms with Gasteiger partial charge < -0.3 is 0 Å². The lowest BCUT2D eigenvalue weighted by molar-refractivity contribution is 1.16. The molecule has 2 rings (SSSR count). The largest absolute Gasteiger partial charge is 0.0837 e. The van der Waals surface area contributed by atoms with Crippen LogP contribution in [0.4, 0.5) is 0 Å². The Morgan fingerprint density at radius 2 is 0.640 bits per heavy atom. The Balaban J connectivity index is 0.000000443. The van der Waals surface area contributed by atoms with E-state index in [-0.39, 0.29) is 7.43 Å². The van der Waals surface area contributed by atoms with E-state index in [2.05, 4.69) is 85.2 Å². The summed E-state index contributed by atoms with van der Waals surface area (Å²) >= 11 is 9.78. The van der Waals surface area contributed by atoms with Gasteiger partial charge in [-0.05, 0) is 125 Å². The Morgan fingerprint density at radius 1 is 0.440 bits per heavy atom. The van der Waals surface area contributed by atoms with Crippen molar-refractivity contribution in [3.05, 3.63) is 65.1 Å². The summed E-state index contributed by atoms with van der Waals surface area (Å²) in [6, 6.07) is 0. The van der Waals surface area contributed by atoms with E-state index in [1.807, 2.05) is 0 Å². The van der Waals surface area contributed by atoms with Crippen molar-refractivity contribution in [3.8, 4) is 0 Å². The molecule has 0 unspecified atom stereocenters. The van der Waals surface area contributed by atoms with Gasteiger partial charge in [-0.1, -0.05) is 35.0 Å². The molecule has 2 aromatic carbocycles. The summed E-state index contributed by atoms with van der Waals surface area (Å²) in [5, 5.41) is 0.926. The van der Waals surface area contributed by atoms with Gasteiger partial charge in [-0.2, -0.15) is 0 Å². The molecule has 0 radical (unpaired) electrons. The summed E-state index contributed by atoms with van der Waals surface area (Å²) in [6.45, 7) is 21.5. The molecule has 2 aromatic rings. The van der Waals surface area contributed by atoms with E-state index >= 15 is 0 Å². The third kappa shape index (κ3) is 4.68. The van der Waals surface area contributed by atoms with Crippen LogP contribution < -0.4 is 0 Å². The lowest BCUT2D eigenvalue weighted by atomic mass is 9.95. The van der Waals surface area contributed by atoms with Crippen LogP contribution in [0.15, 0.2) is 4.47 Å². The highest BCUT2D eigenvalue weighted by molar-refractivity contribution is 9.10. The molecule has 0 aliphatic rings. The Morgan fingerprint density at radius 3 is 0.920 bits per heavy atom. The number of halogens is 2. The highest BCUT2D eigenvalue weighted by Crippen LogP contribution is 2.30. The van der Waals surface area contributed by atoms with Gasteiger partial charge in [-0.15, -0.1) is 0 Å². The van der Waals surface area contributed by atoms with Crippen LogP contribution in [0.3, 0.4) is 0 Å². The summed E-state index contributed by atoms with van der Waals surface area (Å²) in [7, 11) is 0. The summed E-state index contributed by atoms with van der Waals surface area (Å²) in [5.41, 5.74) is 13.4. The van der Waals surface area contributed by atoms with Gasteiger partial charge in [0.2, 0.25) is 0 Å². The third-order valence-electron chi connectivity index (χ3n) is 5.82. The SMILES string of the molecule is C.Cc1c(C)c(C)c(Br)c(C)c1C.Cc1c(C)c(C)c(Cl)c(C)c1C. The van der Waals surface area contributed by atoms with Gasteiger partial charge in [0, 0.05) is 9.50 Å². The molecule has 0 atom stereocenters. The van der Waals surface area contributed by atoms with Crippen LogP contribution in [0.1, 0.15) is 63.1 Å². The molecule has 0 aromatic heterocycles. The van der Waals surface area contributed by atoms with E-state index in [1.165, 1.54) is 60.1 Å². The van der Waals surface area contributed by atoms with Gasteiger partial charge in [0.05, 0.1) is 0 Å². The number of benzene rings is 2. The standard InChI is InChI=1S/C11H15Br.C11H15Cl.CH4/c2*1-6-7(2)9(4)11(12)10(5)8(6)3;/h2*1-5H3;1H4. The molecule has 0 spiro atoms. The van der Waals surface area contributed by atoms with Crippen LogP contribution >= 0.6 is 27.5 Å². The molecule has 0 bridgehead atoms. The van der Waals surface area contributed by atoms with Crippen LogP contribution in [0.25, 0.3) is 0 Å². The zero-order valence-corrected chi connectivity index (χ0v) is 19.1. The molecule has 0 amide bonds. The number of hydrogen-bond acceptors (Lipinski definition) is 0. The molecule has 0 heterocycles. The van der Waals surface area contributed by atoms with E-state index in [0.717, 1.165) is 5.02 Å². The van der Waals surface area contributed by atoms with Crippen LogP contribution in [0.2, 0.25) is 5.02 Å². The summed E-state index contributed by atoms with van der Waals surface area (Å²) < 4.78 is 1.27. The number of rotatable bonds is 0. The zero-order valence-electron chi connectivity index (χ0n) is 16.8. The minimum atomic E-state index is 0. The molecule has 2 heteroatoms. The normalized spacial score (nSPS) is 10.1. The van der Waals surface area contributed by atoms with Crippen LogP contribution in [-0.4, -0.2) is 0 Å². The second kappa shape index (κ2) is 9.24. The van der Waals surface area contributed by atoms with Crippen molar-refractivity contribution in [1.29, 1.82) is 0 Å². The second-order valence-corrected chi connectivity index (χ2v) is 8.05. The predicted molar refractivity (Wildman–Crippen MR) is 120 cm³/mol. The smallest absolute Gasteiger partial charge is 0.0469 e. The molecule has 0 saturated carbocycles. The quantitative estimate of drug-likeness (QED) is 0.396. The van der Waals surface area contributed by atoms with Crippen LogP contribution in [-0.2, 0) is 0 Å². The van der Waals surface area contributed by atoms with Gasteiger partial charge in [-0.3, -0.25) is 0 Å². The van der Waals surface area contributed by atoms with Crippen molar-refractivity contribution in [1.82, 2.24) is 0 Å². The molecule has 0 N–H and O–H groups in total. The first-order chi connectivity index (χ1) is 10.9. The van der Waals surface area contributed by atoms with Crippen molar-refractivity contribution >= 4 is 27.5 Å². The zero-order chi connectivity index (χ0) is 18.9. The first-order valence-corrected chi connectivity index (χ1v) is 9.55. The van der Waals surface area contributed by atoms with Gasteiger partial charge in [0.25, 0.3) is 0 Å². The second-order valence-electron chi connectivity index (χ2n) is 6.88. The topological polar surface area (TPSA) is 0 Å². The highest BCUT2D eigenvalue weighted by atomic mass is 79.9. The molecular formula is C23H34BrCl. The fraction of sp³-hybridized carbons (Fsp3) is 0.478. The van der Waals surface area contributed by atoms with Crippen LogP contribution in [0, 0.1) is 69.2 Å². The minimum Gasteiger partial charge on any atom is -0.0837 e. The van der Waals surface area contributed by atoms with Gasteiger partial charge in [0.15, 0.2) is 0 Å². The van der Waals surface area contributed by atoms with Crippen molar-refractivity contribution in [2.75, 3.05) is 0 Å². The van der Waals surface area contributed by atoms with E-state index in [9.17, 15) is 0 Å². The maximum Gasteiger partial charge on any atom is 0.0469 e. The van der Waals surface area contributed by atoms with Crippen LogP contribution in [0.5, 0.6) is 0 Å². The molecule has 0 nitrogen and oxygen atoms in total. The average Bonchev–Trinajstić information content (AvgIpc) is 2.58. The molecule has 25 heavy (non-hydrogen) atoms. The van der Waals surface area contributed by atoms with E-state index in [4.69, 9.17) is 11.6 Å². The van der Waals surface area contributed by atoms with Gasteiger partial charge >= 0.3 is 0 Å². The maximum atomic E-state index is 6.16. The minimum absolute atomic E-state index is 0. The van der Waals surface area contributed by atoms with Crippen molar-refractivity contribution in [2.45, 2.75) is 76.7 Å². The first-order valence-electron chi connectivity index (χ1n) is 8.38. The molecule has 0 aliphatic carbocycles. The lowest BCUT2D eigenvalue weighted by Crippen LogP contribution is -1.96. The summed E-state index contributed by atoms with van der Waals surface area (Å²) in [4.78, 5) is 0. The fourth-order valence-electron chi connectivity index (χ4n) is 2.91. The van der Waals surface area contributed by atoms with Crippen molar-refractivity contribution in [3.63, 3.8) is 0 Å². The molecule has 0 fully saturated rings. The summed E-state index contributed by atoms with van der Waals surface area (Å²) in [5.74, 6) is 0. The van der Waals surface area contributed by atoms with Crippen molar-refractivity contribution in [2.24, 2.45) is 0 Å². The van der Waals surface area contributed by atoms with Crippen molar-refractivity contribution < 1.29 is 0 Å². The average molecular weight is 426 g/mol. The van der Waals surface area contributed by atoms with E-state index < -0.39 is 0 Å². The van der Waals surface area contributed by atoms with Gasteiger partial charge in [-0.25, -0.2) is 0 Å². The highest BCUT2D eigenvalue weighted by Gasteiger charge is 2.10. The first kappa shape index (κ1) is 24.2. The van der Waals surface area contributed by atoms with Gasteiger partial charge in [0.1, 0.15) is 0 Å². The Kier molecular flexibility index (Phi) is 8.94. The Labute approximate surface area is 169 Å². The maximum absolute atomic E-state index is 6.16. The third-order valence-corrected chi connectivity index (χ3v) is 7.57. The molecule has 140 valence electrons. The predicted octanol–water partition coefficient (Wildman–Crippen LogP) is 8.51. The number of hydrogen-bond donors (Lipinski definition) is 0.